The van der Waals surface area contributed by atoms with Crippen LogP contribution < -0.4 is 0 Å². The van der Waals surface area contributed by atoms with Gasteiger partial charge in [0.2, 0.25) is 6.08 Å². The third kappa shape index (κ3) is 2.40. The molecule has 0 atom stereocenters. The second-order valence-corrected chi connectivity index (χ2v) is 2.89. The average molecular weight is 230 g/mol. The fourth-order valence-corrected chi connectivity index (χ4v) is 1.17. The van der Waals surface area contributed by atoms with E-state index in [4.69, 9.17) is 11.6 Å². The first kappa shape index (κ1) is 11.4. The van der Waals surface area contributed by atoms with Crippen LogP contribution in [0.4, 0.5) is 10.1 Å². The molecule has 15 heavy (non-hydrogen) atoms. The van der Waals surface area contributed by atoms with Gasteiger partial charge in [0.25, 0.3) is 0 Å². The number of halogens is 2. The number of carbonyl (C=O) groups excluding carboxylic acids is 2. The Hall–Kier alpha value is -1.71. The highest BCUT2D eigenvalue weighted by Crippen LogP contribution is 2.26. The molecule has 0 N–H and O–H groups in total. The highest BCUT2D eigenvalue weighted by atomic mass is 35.5. The number of hydrogen-bond acceptors (Lipinski definition) is 4. The fraction of sp³-hybridized carbons (Fsp3) is 0.111. The summed E-state index contributed by atoms with van der Waals surface area (Å²) in [7, 11) is 1.16. The molecule has 0 saturated carbocycles. The van der Waals surface area contributed by atoms with Gasteiger partial charge in [-0.1, -0.05) is 11.6 Å². The predicted molar refractivity (Wildman–Crippen MR) is 50.5 cm³/mol. The quantitative estimate of drug-likeness (QED) is 0.444. The molecule has 1 aromatic carbocycles. The van der Waals surface area contributed by atoms with E-state index in [1.54, 1.807) is 0 Å². The molecular weight excluding hydrogens is 225 g/mol. The first-order chi connectivity index (χ1) is 7.10. The molecule has 0 bridgehead atoms. The van der Waals surface area contributed by atoms with Gasteiger partial charge in [-0.15, -0.1) is 0 Å². The summed E-state index contributed by atoms with van der Waals surface area (Å²) < 4.78 is 17.5. The molecule has 78 valence electrons. The number of aliphatic imine (C=N–C) groups is 1. The average Bonchev–Trinajstić information content (AvgIpc) is 2.21. The molecule has 0 fully saturated rings. The first-order valence-corrected chi connectivity index (χ1v) is 4.13. The molecule has 0 radical (unpaired) electrons. The monoisotopic (exact) mass is 229 g/mol. The third-order valence-corrected chi connectivity index (χ3v) is 1.92. The highest BCUT2D eigenvalue weighted by molar-refractivity contribution is 6.33. The number of esters is 1. The minimum absolute atomic E-state index is 0.0606. The lowest BCUT2D eigenvalue weighted by molar-refractivity contribution is 0.0601. The number of rotatable bonds is 2. The summed E-state index contributed by atoms with van der Waals surface area (Å²) in [5.74, 6) is -1.54. The lowest BCUT2D eigenvalue weighted by Gasteiger charge is -2.03. The van der Waals surface area contributed by atoms with Crippen LogP contribution in [0.1, 0.15) is 10.4 Å². The maximum absolute atomic E-state index is 13.1. The smallest absolute Gasteiger partial charge is 0.339 e. The summed E-state index contributed by atoms with van der Waals surface area (Å²) in [5.41, 5.74) is -0.371. The van der Waals surface area contributed by atoms with Crippen molar-refractivity contribution in [3.63, 3.8) is 0 Å². The molecule has 0 heterocycles. The number of isocyanates is 1. The van der Waals surface area contributed by atoms with Crippen molar-refractivity contribution in [3.8, 4) is 0 Å². The van der Waals surface area contributed by atoms with E-state index >= 15 is 0 Å². The number of hydrogen-bond donors (Lipinski definition) is 0. The van der Waals surface area contributed by atoms with Crippen molar-refractivity contribution in [1.29, 1.82) is 0 Å². The summed E-state index contributed by atoms with van der Waals surface area (Å²) in [6.07, 6.45) is 1.17. The highest BCUT2D eigenvalue weighted by Gasteiger charge is 2.14. The van der Waals surface area contributed by atoms with Crippen LogP contribution in [-0.4, -0.2) is 19.2 Å². The van der Waals surface area contributed by atoms with Gasteiger partial charge in [-0.05, 0) is 12.1 Å². The van der Waals surface area contributed by atoms with Gasteiger partial charge in [0, 0.05) is 0 Å². The minimum Gasteiger partial charge on any atom is -0.465 e. The Kier molecular flexibility index (Phi) is 3.55. The molecule has 6 heteroatoms. The van der Waals surface area contributed by atoms with Crippen molar-refractivity contribution in [1.82, 2.24) is 0 Å². The molecule has 4 nitrogen and oxygen atoms in total. The SMILES string of the molecule is COC(=O)c1cc(N=C=O)c(F)cc1Cl. The fourth-order valence-electron chi connectivity index (χ4n) is 0.939. The van der Waals surface area contributed by atoms with Crippen molar-refractivity contribution in [2.75, 3.05) is 7.11 Å². The predicted octanol–water partition coefficient (Wildman–Crippen LogP) is 2.23. The Morgan fingerprint density at radius 2 is 2.27 bits per heavy atom. The van der Waals surface area contributed by atoms with Crippen LogP contribution in [0.2, 0.25) is 5.02 Å². The van der Waals surface area contributed by atoms with Gasteiger partial charge < -0.3 is 4.74 Å². The van der Waals surface area contributed by atoms with Crippen molar-refractivity contribution >= 4 is 29.3 Å². The van der Waals surface area contributed by atoms with Crippen LogP contribution in [0.25, 0.3) is 0 Å². The topological polar surface area (TPSA) is 55.7 Å². The van der Waals surface area contributed by atoms with Gasteiger partial charge >= 0.3 is 5.97 Å². The number of benzene rings is 1. The van der Waals surface area contributed by atoms with Gasteiger partial charge in [-0.3, -0.25) is 0 Å². The van der Waals surface area contributed by atoms with Gasteiger partial charge in [0.15, 0.2) is 5.82 Å². The Bertz CT molecular complexity index is 455. The van der Waals surface area contributed by atoms with Crippen molar-refractivity contribution < 1.29 is 18.7 Å². The summed E-state index contributed by atoms with van der Waals surface area (Å²) in [5, 5.41) is -0.107. The van der Waals surface area contributed by atoms with Crippen molar-refractivity contribution in [2.45, 2.75) is 0 Å². The second-order valence-electron chi connectivity index (χ2n) is 2.48. The molecule has 0 aromatic heterocycles. The molecule has 0 saturated heterocycles. The van der Waals surface area contributed by atoms with E-state index in [1.165, 1.54) is 6.08 Å². The van der Waals surface area contributed by atoms with E-state index in [0.717, 1.165) is 19.2 Å². The Labute approximate surface area is 89.3 Å². The lowest BCUT2D eigenvalue weighted by Crippen LogP contribution is -2.02. The normalized spacial score (nSPS) is 9.27. The van der Waals surface area contributed by atoms with E-state index in [0.29, 0.717) is 0 Å². The molecule has 0 aliphatic carbocycles. The van der Waals surface area contributed by atoms with Crippen LogP contribution in [-0.2, 0) is 9.53 Å². The molecule has 0 unspecified atom stereocenters. The summed E-state index contributed by atoms with van der Waals surface area (Å²) in [6, 6.07) is 1.90. The van der Waals surface area contributed by atoms with Gasteiger partial charge in [-0.2, -0.15) is 4.99 Å². The van der Waals surface area contributed by atoms with E-state index in [-0.39, 0.29) is 16.3 Å². The summed E-state index contributed by atoms with van der Waals surface area (Å²) in [4.78, 5) is 24.2. The zero-order valence-electron chi connectivity index (χ0n) is 7.58. The zero-order chi connectivity index (χ0) is 11.4. The largest absolute Gasteiger partial charge is 0.465 e. The number of methoxy groups -OCH3 is 1. The molecule has 0 amide bonds. The van der Waals surface area contributed by atoms with Crippen LogP contribution in [0.5, 0.6) is 0 Å². The molecule has 0 aliphatic heterocycles. The maximum Gasteiger partial charge on any atom is 0.339 e. The van der Waals surface area contributed by atoms with Crippen molar-refractivity contribution in [2.24, 2.45) is 4.99 Å². The molecule has 0 aliphatic rings. The second kappa shape index (κ2) is 4.68. The third-order valence-electron chi connectivity index (χ3n) is 1.61. The molecule has 1 aromatic rings. The Morgan fingerprint density at radius 1 is 1.60 bits per heavy atom. The minimum atomic E-state index is -0.809. The number of carbonyl (C=O) groups is 1. The maximum atomic E-state index is 13.1. The molecule has 0 spiro atoms. The summed E-state index contributed by atoms with van der Waals surface area (Å²) in [6.45, 7) is 0. The Morgan fingerprint density at radius 3 is 2.80 bits per heavy atom. The Balaban J connectivity index is 3.35. The van der Waals surface area contributed by atoms with E-state index in [2.05, 4.69) is 9.73 Å². The van der Waals surface area contributed by atoms with Crippen LogP contribution >= 0.6 is 11.6 Å². The standard InChI is InChI=1S/C9H5ClFNO3/c1-15-9(14)5-2-8(12-4-13)7(11)3-6(5)10/h2-3H,1H3. The number of ether oxygens (including phenoxy) is 1. The van der Waals surface area contributed by atoms with E-state index in [9.17, 15) is 14.0 Å². The number of nitrogens with zero attached hydrogens (tertiary/aromatic N) is 1. The summed E-state index contributed by atoms with van der Waals surface area (Å²) >= 11 is 5.59. The lowest BCUT2D eigenvalue weighted by atomic mass is 10.2. The van der Waals surface area contributed by atoms with Crippen LogP contribution in [0.15, 0.2) is 17.1 Å². The van der Waals surface area contributed by atoms with Crippen molar-refractivity contribution in [3.05, 3.63) is 28.5 Å². The van der Waals surface area contributed by atoms with Gasteiger partial charge in [0.05, 0.1) is 17.7 Å². The first-order valence-electron chi connectivity index (χ1n) is 3.75. The van der Waals surface area contributed by atoms with Gasteiger partial charge in [-0.25, -0.2) is 14.0 Å². The zero-order valence-corrected chi connectivity index (χ0v) is 8.34. The van der Waals surface area contributed by atoms with E-state index < -0.39 is 11.8 Å². The van der Waals surface area contributed by atoms with Gasteiger partial charge in [0.1, 0.15) is 5.69 Å². The molecular formula is C9H5ClFNO3. The van der Waals surface area contributed by atoms with E-state index in [1.807, 2.05) is 0 Å². The van der Waals surface area contributed by atoms with Crippen LogP contribution in [0.3, 0.4) is 0 Å². The van der Waals surface area contributed by atoms with Crippen LogP contribution in [0, 0.1) is 5.82 Å². The molecule has 1 rings (SSSR count).